The molecule has 0 saturated heterocycles. The van der Waals surface area contributed by atoms with E-state index in [0.29, 0.717) is 6.61 Å². The number of rotatable bonds is 4. The van der Waals surface area contributed by atoms with Crippen LogP contribution in [0.1, 0.15) is 24.2 Å². The third kappa shape index (κ3) is 3.11. The quantitative estimate of drug-likeness (QED) is 0.945. The normalized spacial score (nSPS) is 12.4. The Morgan fingerprint density at radius 1 is 1.44 bits per heavy atom. The van der Waals surface area contributed by atoms with E-state index in [2.05, 4.69) is 21.0 Å². The molecule has 1 aromatic carbocycles. The van der Waals surface area contributed by atoms with E-state index in [-0.39, 0.29) is 6.04 Å². The van der Waals surface area contributed by atoms with E-state index in [1.807, 2.05) is 44.4 Å². The second-order valence-electron chi connectivity index (χ2n) is 4.24. The average molecular weight is 310 g/mol. The van der Waals surface area contributed by atoms with E-state index in [1.54, 1.807) is 4.68 Å². The van der Waals surface area contributed by atoms with Gasteiger partial charge in [-0.15, -0.1) is 0 Å². The summed E-state index contributed by atoms with van der Waals surface area (Å²) in [6.07, 6.45) is 1.90. The number of aryl methyl sites for hydroxylation is 1. The smallest absolute Gasteiger partial charge is 0.132 e. The largest absolute Gasteiger partial charge is 0.487 e. The number of nitrogens with zero attached hydrogens (tertiary/aromatic N) is 2. The third-order valence-corrected chi connectivity index (χ3v) is 3.10. The van der Waals surface area contributed by atoms with Gasteiger partial charge in [-0.3, -0.25) is 4.68 Å². The van der Waals surface area contributed by atoms with E-state index in [9.17, 15) is 0 Å². The minimum atomic E-state index is -0.0683. The minimum Gasteiger partial charge on any atom is -0.487 e. The van der Waals surface area contributed by atoms with Gasteiger partial charge in [-0.25, -0.2) is 0 Å². The molecule has 96 valence electrons. The summed E-state index contributed by atoms with van der Waals surface area (Å²) in [5.74, 6) is 0.804. The molecule has 0 aliphatic rings. The number of hydrogen-bond acceptors (Lipinski definition) is 3. The van der Waals surface area contributed by atoms with Crippen molar-refractivity contribution < 1.29 is 4.74 Å². The molecule has 0 amide bonds. The zero-order valence-corrected chi connectivity index (χ0v) is 12.0. The monoisotopic (exact) mass is 309 g/mol. The molecule has 2 aromatic rings. The summed E-state index contributed by atoms with van der Waals surface area (Å²) < 4.78 is 8.53. The molecule has 0 aliphatic heterocycles. The van der Waals surface area contributed by atoms with Gasteiger partial charge in [0.2, 0.25) is 0 Å². The molecule has 2 rings (SSSR count). The first-order valence-corrected chi connectivity index (χ1v) is 6.52. The van der Waals surface area contributed by atoms with Crippen molar-refractivity contribution in [1.29, 1.82) is 0 Å². The van der Waals surface area contributed by atoms with E-state index >= 15 is 0 Å². The fourth-order valence-electron chi connectivity index (χ4n) is 1.70. The Balaban J connectivity index is 2.13. The minimum absolute atomic E-state index is 0.0683. The summed E-state index contributed by atoms with van der Waals surface area (Å²) in [6.45, 7) is 2.39. The molecule has 0 unspecified atom stereocenters. The zero-order chi connectivity index (χ0) is 13.1. The first kappa shape index (κ1) is 13.1. The summed E-state index contributed by atoms with van der Waals surface area (Å²) in [7, 11) is 1.89. The predicted octanol–water partition coefficient (Wildman–Crippen LogP) is 2.78. The molecule has 0 spiro atoms. The van der Waals surface area contributed by atoms with Gasteiger partial charge in [0.15, 0.2) is 0 Å². The fraction of sp³-hybridized carbons (Fsp3) is 0.308. The molecule has 4 nitrogen and oxygen atoms in total. The highest BCUT2D eigenvalue weighted by atomic mass is 79.9. The van der Waals surface area contributed by atoms with Crippen molar-refractivity contribution in [2.24, 2.45) is 12.8 Å². The predicted molar refractivity (Wildman–Crippen MR) is 74.3 cm³/mol. The molecule has 1 aromatic heterocycles. The Bertz CT molecular complexity index is 537. The summed E-state index contributed by atoms with van der Waals surface area (Å²) >= 11 is 3.44. The topological polar surface area (TPSA) is 53.1 Å². The van der Waals surface area contributed by atoms with Crippen molar-refractivity contribution in [3.63, 3.8) is 0 Å². The highest BCUT2D eigenvalue weighted by Gasteiger charge is 2.09. The Hall–Kier alpha value is -1.33. The van der Waals surface area contributed by atoms with Crippen molar-refractivity contribution >= 4 is 15.9 Å². The molecule has 0 fully saturated rings. The van der Waals surface area contributed by atoms with Crippen molar-refractivity contribution in [3.05, 3.63) is 46.2 Å². The zero-order valence-electron chi connectivity index (χ0n) is 10.4. The molecule has 18 heavy (non-hydrogen) atoms. The Morgan fingerprint density at radius 3 is 2.83 bits per heavy atom. The van der Waals surface area contributed by atoms with Crippen molar-refractivity contribution in [2.75, 3.05) is 0 Å². The third-order valence-electron chi connectivity index (χ3n) is 2.61. The maximum absolute atomic E-state index is 5.94. The molecule has 0 radical (unpaired) electrons. The van der Waals surface area contributed by atoms with E-state index in [0.717, 1.165) is 21.5 Å². The van der Waals surface area contributed by atoms with Crippen LogP contribution < -0.4 is 10.5 Å². The second kappa shape index (κ2) is 5.54. The Labute approximate surface area is 115 Å². The van der Waals surface area contributed by atoms with Crippen LogP contribution in [0.2, 0.25) is 0 Å². The summed E-state index contributed by atoms with van der Waals surface area (Å²) in [6, 6.07) is 7.72. The van der Waals surface area contributed by atoms with E-state index < -0.39 is 0 Å². The molecule has 0 saturated carbocycles. The SMILES string of the molecule is C[C@H](N)c1cc(Br)ccc1OCc1ccn(C)n1. The number of hydrogen-bond donors (Lipinski definition) is 1. The van der Waals surface area contributed by atoms with Gasteiger partial charge >= 0.3 is 0 Å². The average Bonchev–Trinajstić information content (AvgIpc) is 2.73. The van der Waals surface area contributed by atoms with E-state index in [1.165, 1.54) is 0 Å². The lowest BCUT2D eigenvalue weighted by Crippen LogP contribution is -2.08. The maximum Gasteiger partial charge on any atom is 0.132 e. The van der Waals surface area contributed by atoms with Gasteiger partial charge in [0.1, 0.15) is 12.4 Å². The van der Waals surface area contributed by atoms with Crippen LogP contribution in [0.5, 0.6) is 5.75 Å². The van der Waals surface area contributed by atoms with Crippen LogP contribution in [0.3, 0.4) is 0 Å². The summed E-state index contributed by atoms with van der Waals surface area (Å²) in [4.78, 5) is 0. The lowest BCUT2D eigenvalue weighted by molar-refractivity contribution is 0.295. The van der Waals surface area contributed by atoms with Gasteiger partial charge in [-0.05, 0) is 31.2 Å². The molecule has 1 heterocycles. The second-order valence-corrected chi connectivity index (χ2v) is 5.16. The molecule has 0 bridgehead atoms. The number of ether oxygens (including phenoxy) is 1. The number of nitrogens with two attached hydrogens (primary N) is 1. The molecule has 2 N–H and O–H groups in total. The van der Waals surface area contributed by atoms with Gasteiger partial charge in [0.05, 0.1) is 5.69 Å². The van der Waals surface area contributed by atoms with Crippen LogP contribution in [0.4, 0.5) is 0 Å². The molecule has 0 aliphatic carbocycles. The van der Waals surface area contributed by atoms with Gasteiger partial charge in [0, 0.05) is 29.3 Å². The highest BCUT2D eigenvalue weighted by molar-refractivity contribution is 9.10. The number of benzene rings is 1. The molecule has 1 atom stereocenters. The van der Waals surface area contributed by atoms with Gasteiger partial charge < -0.3 is 10.5 Å². The standard InChI is InChI=1S/C13H16BrN3O/c1-9(15)12-7-10(14)3-4-13(12)18-8-11-5-6-17(2)16-11/h3-7,9H,8,15H2,1-2H3/t9-/m0/s1. The van der Waals surface area contributed by atoms with Gasteiger partial charge in [0.25, 0.3) is 0 Å². The molecular weight excluding hydrogens is 294 g/mol. The van der Waals surface area contributed by atoms with Crippen molar-refractivity contribution in [2.45, 2.75) is 19.6 Å². The van der Waals surface area contributed by atoms with Crippen LogP contribution in [-0.4, -0.2) is 9.78 Å². The lowest BCUT2D eigenvalue weighted by atomic mass is 10.1. The lowest BCUT2D eigenvalue weighted by Gasteiger charge is -2.13. The molecular formula is C13H16BrN3O. The molecule has 5 heteroatoms. The van der Waals surface area contributed by atoms with Crippen LogP contribution >= 0.6 is 15.9 Å². The highest BCUT2D eigenvalue weighted by Crippen LogP contribution is 2.27. The first-order chi connectivity index (χ1) is 8.56. The van der Waals surface area contributed by atoms with Crippen LogP contribution in [0.15, 0.2) is 34.9 Å². The number of aromatic nitrogens is 2. The Kier molecular flexibility index (Phi) is 4.04. The number of halogens is 1. The maximum atomic E-state index is 5.94. The van der Waals surface area contributed by atoms with Gasteiger partial charge in [-0.2, -0.15) is 5.10 Å². The first-order valence-electron chi connectivity index (χ1n) is 5.72. The van der Waals surface area contributed by atoms with Crippen LogP contribution in [0, 0.1) is 0 Å². The van der Waals surface area contributed by atoms with Gasteiger partial charge in [-0.1, -0.05) is 15.9 Å². The van der Waals surface area contributed by atoms with Crippen molar-refractivity contribution in [3.8, 4) is 5.75 Å². The van der Waals surface area contributed by atoms with E-state index in [4.69, 9.17) is 10.5 Å². The van der Waals surface area contributed by atoms with Crippen molar-refractivity contribution in [1.82, 2.24) is 9.78 Å². The fourth-order valence-corrected chi connectivity index (χ4v) is 2.08. The summed E-state index contributed by atoms with van der Waals surface area (Å²) in [5.41, 5.74) is 7.82. The van der Waals surface area contributed by atoms with Crippen LogP contribution in [-0.2, 0) is 13.7 Å². The summed E-state index contributed by atoms with van der Waals surface area (Å²) in [5, 5.41) is 4.27. The van der Waals surface area contributed by atoms with Crippen LogP contribution in [0.25, 0.3) is 0 Å². The Morgan fingerprint density at radius 2 is 2.22 bits per heavy atom.